The predicted octanol–water partition coefficient (Wildman–Crippen LogP) is 2.89. The topological polar surface area (TPSA) is 64.4 Å². The van der Waals surface area contributed by atoms with Gasteiger partial charge in [-0.15, -0.1) is 0 Å². The Bertz CT molecular complexity index is 877. The Morgan fingerprint density at radius 2 is 2.08 bits per heavy atom. The van der Waals surface area contributed by atoms with Gasteiger partial charge < -0.3 is 4.74 Å². The van der Waals surface area contributed by atoms with Crippen LogP contribution in [0.4, 0.5) is 0 Å². The lowest BCUT2D eigenvalue weighted by Crippen LogP contribution is -2.31. The lowest BCUT2D eigenvalue weighted by molar-refractivity contribution is 0.107. The molecule has 1 atom stereocenters. The molecule has 0 bridgehead atoms. The average Bonchev–Trinajstić information content (AvgIpc) is 3.28. The van der Waals surface area contributed by atoms with E-state index in [1.165, 1.54) is 5.69 Å². The van der Waals surface area contributed by atoms with Crippen LogP contribution in [0, 0.1) is 0 Å². The molecule has 26 heavy (non-hydrogen) atoms. The minimum Gasteiger partial charge on any atom is -0.376 e. The van der Waals surface area contributed by atoms with E-state index < -0.39 is 10.0 Å². The maximum atomic E-state index is 13.2. The molecule has 6 nitrogen and oxygen atoms in total. The van der Waals surface area contributed by atoms with Crippen molar-refractivity contribution in [2.45, 2.75) is 56.7 Å². The van der Waals surface area contributed by atoms with E-state index in [1.54, 1.807) is 28.6 Å². The van der Waals surface area contributed by atoms with Crippen LogP contribution in [-0.2, 0) is 34.3 Å². The molecule has 1 aromatic carbocycles. The zero-order valence-corrected chi connectivity index (χ0v) is 15.9. The fraction of sp³-hybridized carbons (Fsp3) is 0.526. The second-order valence-corrected chi connectivity index (χ2v) is 8.81. The van der Waals surface area contributed by atoms with Crippen LogP contribution in [0.3, 0.4) is 0 Å². The first-order valence-corrected chi connectivity index (χ1v) is 10.8. The fourth-order valence-electron chi connectivity index (χ4n) is 4.03. The van der Waals surface area contributed by atoms with Crippen LogP contribution in [0.5, 0.6) is 0 Å². The Labute approximate surface area is 154 Å². The predicted molar refractivity (Wildman–Crippen MR) is 98.2 cm³/mol. The number of sulfonamides is 1. The molecule has 0 spiro atoms. The normalized spacial score (nSPS) is 21.0. The number of nitrogens with zero attached hydrogens (tertiary/aromatic N) is 3. The van der Waals surface area contributed by atoms with Crippen LogP contribution >= 0.6 is 0 Å². The maximum absolute atomic E-state index is 13.2. The molecule has 1 unspecified atom stereocenters. The molecule has 140 valence electrons. The van der Waals surface area contributed by atoms with E-state index >= 15 is 0 Å². The van der Waals surface area contributed by atoms with Gasteiger partial charge in [0.25, 0.3) is 0 Å². The van der Waals surface area contributed by atoms with Gasteiger partial charge in [-0.1, -0.05) is 25.1 Å². The van der Waals surface area contributed by atoms with Gasteiger partial charge in [-0.25, -0.2) is 8.42 Å². The second kappa shape index (κ2) is 7.13. The van der Waals surface area contributed by atoms with Crippen molar-refractivity contribution in [3.8, 4) is 0 Å². The monoisotopic (exact) mass is 375 g/mol. The first kappa shape index (κ1) is 17.7. The Morgan fingerprint density at radius 1 is 1.27 bits per heavy atom. The minimum absolute atomic E-state index is 0.200. The third-order valence-corrected chi connectivity index (χ3v) is 7.15. The van der Waals surface area contributed by atoms with E-state index in [4.69, 9.17) is 9.84 Å². The number of hydrogen-bond donors (Lipinski definition) is 0. The lowest BCUT2D eigenvalue weighted by Gasteiger charge is -2.24. The Hall–Kier alpha value is -1.70. The standard InChI is InChI=1S/C19H25N3O3S/c1-2-11-21-17-10-13-25-14-16(17)19(20-21)18-9-6-12-22(18)26(23,24)15-7-4-3-5-8-15/h3-5,7-8,18H,2,6,9-14H2,1H3. The number of aromatic nitrogens is 2. The smallest absolute Gasteiger partial charge is 0.243 e. The highest BCUT2D eigenvalue weighted by Crippen LogP contribution is 2.39. The van der Waals surface area contributed by atoms with Crippen LogP contribution in [0.2, 0.25) is 0 Å². The maximum Gasteiger partial charge on any atom is 0.243 e. The summed E-state index contributed by atoms with van der Waals surface area (Å²) >= 11 is 0. The van der Waals surface area contributed by atoms with Crippen LogP contribution in [-0.4, -0.2) is 35.7 Å². The highest BCUT2D eigenvalue weighted by molar-refractivity contribution is 7.89. The largest absolute Gasteiger partial charge is 0.376 e. The summed E-state index contributed by atoms with van der Waals surface area (Å²) in [7, 11) is -3.52. The number of benzene rings is 1. The summed E-state index contributed by atoms with van der Waals surface area (Å²) < 4.78 is 35.7. The number of aryl methyl sites for hydroxylation is 1. The van der Waals surface area contributed by atoms with Gasteiger partial charge in [0, 0.05) is 30.8 Å². The quantitative estimate of drug-likeness (QED) is 0.806. The lowest BCUT2D eigenvalue weighted by atomic mass is 10.0. The van der Waals surface area contributed by atoms with Crippen LogP contribution in [0.1, 0.15) is 49.2 Å². The molecule has 2 aliphatic rings. The van der Waals surface area contributed by atoms with E-state index in [-0.39, 0.29) is 6.04 Å². The van der Waals surface area contributed by atoms with Crippen LogP contribution < -0.4 is 0 Å². The summed E-state index contributed by atoms with van der Waals surface area (Å²) in [5, 5.41) is 4.85. The molecule has 4 rings (SSSR count). The summed E-state index contributed by atoms with van der Waals surface area (Å²) in [5.74, 6) is 0. The molecule has 2 aliphatic heterocycles. The van der Waals surface area contributed by atoms with E-state index in [9.17, 15) is 8.42 Å². The molecule has 0 radical (unpaired) electrons. The summed E-state index contributed by atoms with van der Waals surface area (Å²) in [5.41, 5.74) is 3.21. The van der Waals surface area contributed by atoms with Gasteiger partial charge in [-0.05, 0) is 31.4 Å². The molecule has 1 aromatic heterocycles. The van der Waals surface area contributed by atoms with Crippen LogP contribution in [0.25, 0.3) is 0 Å². The first-order valence-electron chi connectivity index (χ1n) is 9.36. The van der Waals surface area contributed by atoms with Gasteiger partial charge in [0.15, 0.2) is 0 Å². The van der Waals surface area contributed by atoms with Crippen molar-refractivity contribution in [1.82, 2.24) is 14.1 Å². The molecule has 1 fully saturated rings. The van der Waals surface area contributed by atoms with Crippen molar-refractivity contribution in [2.24, 2.45) is 0 Å². The Kier molecular flexibility index (Phi) is 4.86. The first-order chi connectivity index (χ1) is 12.6. The number of rotatable bonds is 5. The summed E-state index contributed by atoms with van der Waals surface area (Å²) in [4.78, 5) is 0.352. The molecule has 2 aromatic rings. The van der Waals surface area contributed by atoms with E-state index in [0.29, 0.717) is 24.7 Å². The number of fused-ring (bicyclic) bond motifs is 1. The summed E-state index contributed by atoms with van der Waals surface area (Å²) in [6.45, 7) is 4.77. The highest BCUT2D eigenvalue weighted by atomic mass is 32.2. The minimum atomic E-state index is -3.52. The molecular formula is C19H25N3O3S. The van der Waals surface area contributed by atoms with Crippen molar-refractivity contribution < 1.29 is 13.2 Å². The van der Waals surface area contributed by atoms with Crippen LogP contribution in [0.15, 0.2) is 35.2 Å². The Balaban J connectivity index is 1.74. The fourth-order valence-corrected chi connectivity index (χ4v) is 5.71. The second-order valence-electron chi connectivity index (χ2n) is 6.92. The number of ether oxygens (including phenoxy) is 1. The third kappa shape index (κ3) is 2.98. The molecule has 7 heteroatoms. The van der Waals surface area contributed by atoms with Gasteiger partial charge in [0.2, 0.25) is 10.0 Å². The van der Waals surface area contributed by atoms with Gasteiger partial charge >= 0.3 is 0 Å². The van der Waals surface area contributed by atoms with Crippen molar-refractivity contribution in [1.29, 1.82) is 0 Å². The molecule has 0 N–H and O–H groups in total. The zero-order valence-electron chi connectivity index (χ0n) is 15.1. The summed E-state index contributed by atoms with van der Waals surface area (Å²) in [6, 6.07) is 8.50. The molecule has 1 saturated heterocycles. The van der Waals surface area contributed by atoms with Crippen molar-refractivity contribution in [3.05, 3.63) is 47.3 Å². The third-order valence-electron chi connectivity index (χ3n) is 5.23. The zero-order chi connectivity index (χ0) is 18.1. The molecule has 0 saturated carbocycles. The van der Waals surface area contributed by atoms with Crippen molar-refractivity contribution in [2.75, 3.05) is 13.2 Å². The van der Waals surface area contributed by atoms with E-state index in [1.807, 2.05) is 6.07 Å². The molecular weight excluding hydrogens is 350 g/mol. The van der Waals surface area contributed by atoms with Gasteiger partial charge in [-0.3, -0.25) is 4.68 Å². The molecule has 3 heterocycles. The van der Waals surface area contributed by atoms with Crippen molar-refractivity contribution in [3.63, 3.8) is 0 Å². The number of hydrogen-bond acceptors (Lipinski definition) is 4. The highest BCUT2D eigenvalue weighted by Gasteiger charge is 2.39. The van der Waals surface area contributed by atoms with Crippen molar-refractivity contribution >= 4 is 10.0 Å². The SMILES string of the molecule is CCCn1nc(C2CCCN2S(=O)(=O)c2ccccc2)c2c1CCOC2. The van der Waals surface area contributed by atoms with E-state index in [0.717, 1.165) is 43.5 Å². The van der Waals surface area contributed by atoms with Gasteiger partial charge in [0.1, 0.15) is 0 Å². The summed E-state index contributed by atoms with van der Waals surface area (Å²) in [6.07, 6.45) is 3.51. The van der Waals surface area contributed by atoms with Gasteiger partial charge in [0.05, 0.1) is 29.8 Å². The van der Waals surface area contributed by atoms with E-state index in [2.05, 4.69) is 11.6 Å². The molecule has 0 amide bonds. The Morgan fingerprint density at radius 3 is 2.85 bits per heavy atom. The van der Waals surface area contributed by atoms with Gasteiger partial charge in [-0.2, -0.15) is 9.40 Å². The molecule has 0 aliphatic carbocycles. The average molecular weight is 375 g/mol.